The normalized spacial score (nSPS) is 17.7. The summed E-state index contributed by atoms with van der Waals surface area (Å²) in [5.41, 5.74) is 2.37. The summed E-state index contributed by atoms with van der Waals surface area (Å²) >= 11 is 0. The molecule has 35 heavy (non-hydrogen) atoms. The van der Waals surface area contributed by atoms with E-state index in [2.05, 4.69) is 5.32 Å². The third kappa shape index (κ3) is 4.52. The molecule has 0 spiro atoms. The molecule has 3 aromatic carbocycles. The van der Waals surface area contributed by atoms with Gasteiger partial charge in [-0.05, 0) is 53.6 Å². The molecule has 0 fully saturated rings. The molecule has 2 amide bonds. The van der Waals surface area contributed by atoms with Crippen LogP contribution in [0.15, 0.2) is 77.7 Å². The lowest BCUT2D eigenvalue weighted by Crippen LogP contribution is -2.44. The highest BCUT2D eigenvalue weighted by Crippen LogP contribution is 2.42. The second-order valence-electron chi connectivity index (χ2n) is 8.50. The van der Waals surface area contributed by atoms with E-state index in [1.807, 2.05) is 18.2 Å². The fourth-order valence-electron chi connectivity index (χ4n) is 4.32. The van der Waals surface area contributed by atoms with Crippen molar-refractivity contribution in [3.63, 3.8) is 0 Å². The van der Waals surface area contributed by atoms with E-state index in [4.69, 9.17) is 4.74 Å². The summed E-state index contributed by atoms with van der Waals surface area (Å²) in [6, 6.07) is 19.9. The fraction of sp³-hybridized carbons (Fsp3) is 0.231. The molecule has 1 N–H and O–H groups in total. The van der Waals surface area contributed by atoms with Crippen LogP contribution in [0, 0.1) is 0 Å². The van der Waals surface area contributed by atoms with Gasteiger partial charge in [-0.2, -0.15) is 0 Å². The molecular formula is C26H27N3O5S. The number of hydrogen-bond donors (Lipinski definition) is 1. The highest BCUT2D eigenvalue weighted by atomic mass is 32.2. The lowest BCUT2D eigenvalue weighted by Gasteiger charge is -2.39. The largest absolute Gasteiger partial charge is 0.497 e. The number of fused-ring (bicyclic) bond motifs is 1. The first-order valence-electron chi connectivity index (χ1n) is 11.0. The van der Waals surface area contributed by atoms with Gasteiger partial charge in [-0.1, -0.05) is 30.3 Å². The van der Waals surface area contributed by atoms with Gasteiger partial charge in [0.15, 0.2) is 0 Å². The molecule has 8 nitrogen and oxygen atoms in total. The Morgan fingerprint density at radius 2 is 1.60 bits per heavy atom. The number of methoxy groups -OCH3 is 1. The molecule has 4 rings (SSSR count). The van der Waals surface area contributed by atoms with Gasteiger partial charge in [0.05, 0.1) is 24.0 Å². The molecule has 2 atom stereocenters. The Hall–Kier alpha value is -3.69. The molecule has 0 aromatic heterocycles. The van der Waals surface area contributed by atoms with E-state index >= 15 is 0 Å². The number of carbonyl (C=O) groups excluding carboxylic acids is 2. The zero-order valence-corrected chi connectivity index (χ0v) is 20.7. The van der Waals surface area contributed by atoms with Gasteiger partial charge in [0.25, 0.3) is 5.91 Å². The van der Waals surface area contributed by atoms with Gasteiger partial charge in [-0.25, -0.2) is 12.7 Å². The summed E-state index contributed by atoms with van der Waals surface area (Å²) in [6.45, 7) is 0. The first kappa shape index (κ1) is 24.4. The molecule has 0 bridgehead atoms. The molecule has 1 aliphatic rings. The Balaban J connectivity index is 1.71. The maximum atomic E-state index is 13.7. The summed E-state index contributed by atoms with van der Waals surface area (Å²) in [5, 5.41) is 2.91. The van der Waals surface area contributed by atoms with Crippen LogP contribution in [0.4, 0.5) is 5.69 Å². The van der Waals surface area contributed by atoms with Crippen molar-refractivity contribution < 1.29 is 22.7 Å². The highest BCUT2D eigenvalue weighted by Gasteiger charge is 2.42. The SMILES string of the molecule is COc1ccc(C2C(C(=O)Nc3ccc(S(=O)(=O)N(C)C)cc3)c3ccccc3C(=O)N2C)cc1. The molecule has 0 saturated carbocycles. The highest BCUT2D eigenvalue weighted by molar-refractivity contribution is 7.89. The van der Waals surface area contributed by atoms with Gasteiger partial charge in [-0.15, -0.1) is 0 Å². The summed E-state index contributed by atoms with van der Waals surface area (Å²) in [6.07, 6.45) is 0. The molecular weight excluding hydrogens is 466 g/mol. The van der Waals surface area contributed by atoms with Gasteiger partial charge in [0, 0.05) is 32.4 Å². The van der Waals surface area contributed by atoms with Crippen LogP contribution in [0.5, 0.6) is 5.75 Å². The molecule has 3 aromatic rings. The monoisotopic (exact) mass is 493 g/mol. The zero-order chi connectivity index (χ0) is 25.3. The summed E-state index contributed by atoms with van der Waals surface area (Å²) in [7, 11) is 2.61. The van der Waals surface area contributed by atoms with Crippen LogP contribution in [0.2, 0.25) is 0 Å². The van der Waals surface area contributed by atoms with Crippen molar-refractivity contribution in [3.8, 4) is 5.75 Å². The minimum atomic E-state index is -3.58. The third-order valence-electron chi connectivity index (χ3n) is 6.22. The van der Waals surface area contributed by atoms with Crippen LogP contribution >= 0.6 is 0 Å². The van der Waals surface area contributed by atoms with Gasteiger partial charge in [0.2, 0.25) is 15.9 Å². The Bertz CT molecular complexity index is 1350. The van der Waals surface area contributed by atoms with Crippen LogP contribution in [-0.4, -0.2) is 57.7 Å². The van der Waals surface area contributed by atoms with E-state index < -0.39 is 22.0 Å². The molecule has 182 valence electrons. The van der Waals surface area contributed by atoms with Crippen molar-refractivity contribution in [2.24, 2.45) is 0 Å². The van der Waals surface area contributed by atoms with E-state index in [1.165, 1.54) is 26.2 Å². The first-order chi connectivity index (χ1) is 16.6. The van der Waals surface area contributed by atoms with E-state index in [0.29, 0.717) is 22.6 Å². The molecule has 1 heterocycles. The van der Waals surface area contributed by atoms with E-state index in [0.717, 1.165) is 9.87 Å². The molecule has 0 aliphatic carbocycles. The smallest absolute Gasteiger partial charge is 0.254 e. The van der Waals surface area contributed by atoms with Crippen molar-refractivity contribution in [1.29, 1.82) is 0 Å². The van der Waals surface area contributed by atoms with Crippen LogP contribution < -0.4 is 10.1 Å². The average molecular weight is 494 g/mol. The van der Waals surface area contributed by atoms with E-state index in [1.54, 1.807) is 61.5 Å². The second-order valence-corrected chi connectivity index (χ2v) is 10.7. The number of rotatable bonds is 6. The maximum Gasteiger partial charge on any atom is 0.254 e. The van der Waals surface area contributed by atoms with Crippen molar-refractivity contribution >= 4 is 27.5 Å². The van der Waals surface area contributed by atoms with E-state index in [-0.39, 0.29) is 16.7 Å². The summed E-state index contributed by atoms with van der Waals surface area (Å²) < 4.78 is 31.1. The molecule has 0 saturated heterocycles. The van der Waals surface area contributed by atoms with Crippen molar-refractivity contribution in [1.82, 2.24) is 9.21 Å². The Labute approximate surface area is 205 Å². The van der Waals surface area contributed by atoms with Crippen molar-refractivity contribution in [3.05, 3.63) is 89.5 Å². The number of hydrogen-bond acceptors (Lipinski definition) is 5. The fourth-order valence-corrected chi connectivity index (χ4v) is 5.22. The van der Waals surface area contributed by atoms with Gasteiger partial charge < -0.3 is 15.0 Å². The number of likely N-dealkylation sites (N-methyl/N-ethyl adjacent to an activating group) is 1. The van der Waals surface area contributed by atoms with Crippen LogP contribution in [-0.2, 0) is 14.8 Å². The standard InChI is InChI=1S/C26H27N3O5S/c1-28(2)35(32,33)20-15-11-18(12-16-20)27-25(30)23-21-7-5-6-8-22(21)26(31)29(3)24(23)17-9-13-19(34-4)14-10-17/h5-16,23-24H,1-4H3,(H,27,30). The maximum absolute atomic E-state index is 13.7. The minimum absolute atomic E-state index is 0.130. The Morgan fingerprint density at radius 1 is 0.971 bits per heavy atom. The zero-order valence-electron chi connectivity index (χ0n) is 19.9. The van der Waals surface area contributed by atoms with Gasteiger partial charge in [0.1, 0.15) is 5.75 Å². The van der Waals surface area contributed by atoms with Crippen molar-refractivity contribution in [2.75, 3.05) is 33.6 Å². The molecule has 1 aliphatic heterocycles. The molecule has 9 heteroatoms. The third-order valence-corrected chi connectivity index (χ3v) is 8.05. The molecule has 2 unspecified atom stereocenters. The van der Waals surface area contributed by atoms with Gasteiger partial charge in [-0.3, -0.25) is 9.59 Å². The number of amides is 2. The second kappa shape index (κ2) is 9.52. The minimum Gasteiger partial charge on any atom is -0.497 e. The van der Waals surface area contributed by atoms with Gasteiger partial charge >= 0.3 is 0 Å². The Morgan fingerprint density at radius 3 is 2.20 bits per heavy atom. The van der Waals surface area contributed by atoms with Crippen LogP contribution in [0.3, 0.4) is 0 Å². The topological polar surface area (TPSA) is 96.0 Å². The van der Waals surface area contributed by atoms with Crippen molar-refractivity contribution in [2.45, 2.75) is 16.9 Å². The Kier molecular flexibility index (Phi) is 6.64. The number of anilines is 1. The number of sulfonamides is 1. The summed E-state index contributed by atoms with van der Waals surface area (Å²) in [4.78, 5) is 28.5. The number of nitrogens with zero attached hydrogens (tertiary/aromatic N) is 2. The van der Waals surface area contributed by atoms with Crippen LogP contribution in [0.1, 0.15) is 33.4 Å². The predicted molar refractivity (Wildman–Crippen MR) is 133 cm³/mol. The van der Waals surface area contributed by atoms with E-state index in [9.17, 15) is 18.0 Å². The number of benzene rings is 3. The quantitative estimate of drug-likeness (QED) is 0.567. The number of nitrogens with one attached hydrogen (secondary N) is 1. The van der Waals surface area contributed by atoms with Crippen LogP contribution in [0.25, 0.3) is 0 Å². The summed E-state index contributed by atoms with van der Waals surface area (Å²) in [5.74, 6) is -0.482. The average Bonchev–Trinajstić information content (AvgIpc) is 2.86. The lowest BCUT2D eigenvalue weighted by atomic mass is 9.79. The number of carbonyl (C=O) groups is 2. The lowest BCUT2D eigenvalue weighted by molar-refractivity contribution is -0.119. The number of ether oxygens (including phenoxy) is 1. The predicted octanol–water partition coefficient (Wildman–Crippen LogP) is 3.49. The molecule has 0 radical (unpaired) electrons. The first-order valence-corrected chi connectivity index (χ1v) is 12.4.